The van der Waals surface area contributed by atoms with E-state index in [1.807, 2.05) is 66.2 Å². The zero-order valence-corrected chi connectivity index (χ0v) is 17.6. The summed E-state index contributed by atoms with van der Waals surface area (Å²) in [6, 6.07) is 18.0. The second-order valence-electron chi connectivity index (χ2n) is 8.44. The Bertz CT molecular complexity index is 1120. The number of aromatic nitrogens is 2. The highest BCUT2D eigenvalue weighted by Gasteiger charge is 2.45. The van der Waals surface area contributed by atoms with Crippen LogP contribution in [0.2, 0.25) is 0 Å². The lowest BCUT2D eigenvalue weighted by Gasteiger charge is -2.38. The van der Waals surface area contributed by atoms with Gasteiger partial charge in [-0.25, -0.2) is 0 Å². The standard InChI is InChI=1S/C25H25N3O3/c1-28-22(26-18-13-11-17(12-14-18)25(23(29)30)15-6-16-25)20-9-5-10-21(20)27-24(28)31-19-7-3-2-4-8-19/h2-4,7-8,11-14H,5-6,9-10,15-16H2,1H3,(H,29,30)/p+1. The monoisotopic (exact) mass is 416 g/mol. The molecule has 158 valence electrons. The molecule has 3 aromatic rings. The summed E-state index contributed by atoms with van der Waals surface area (Å²) < 4.78 is 8.03. The number of hydrogen-bond donors (Lipinski definition) is 2. The lowest BCUT2D eigenvalue weighted by atomic mass is 9.64. The maximum atomic E-state index is 11.8. The summed E-state index contributed by atoms with van der Waals surface area (Å²) in [6.45, 7) is 0. The van der Waals surface area contributed by atoms with Crippen molar-refractivity contribution in [2.75, 3.05) is 5.32 Å². The number of nitrogens with one attached hydrogen (secondary N) is 1. The molecule has 1 fully saturated rings. The summed E-state index contributed by atoms with van der Waals surface area (Å²) in [4.78, 5) is 16.6. The van der Waals surface area contributed by atoms with E-state index >= 15 is 0 Å². The van der Waals surface area contributed by atoms with E-state index in [0.29, 0.717) is 18.9 Å². The van der Waals surface area contributed by atoms with Crippen molar-refractivity contribution in [3.63, 3.8) is 0 Å². The van der Waals surface area contributed by atoms with Crippen molar-refractivity contribution in [1.29, 1.82) is 0 Å². The van der Waals surface area contributed by atoms with Gasteiger partial charge in [-0.05, 0) is 55.5 Å². The first-order valence-corrected chi connectivity index (χ1v) is 10.8. The number of carboxylic acid groups (broad SMARTS) is 1. The van der Waals surface area contributed by atoms with Crippen LogP contribution in [0.4, 0.5) is 11.5 Å². The fourth-order valence-electron chi connectivity index (χ4n) is 4.60. The molecule has 0 unspecified atom stereocenters. The molecule has 0 bridgehead atoms. The van der Waals surface area contributed by atoms with Gasteiger partial charge in [-0.2, -0.15) is 4.57 Å². The second kappa shape index (κ2) is 7.69. The summed E-state index contributed by atoms with van der Waals surface area (Å²) in [5, 5.41) is 13.2. The molecule has 0 radical (unpaired) electrons. The molecule has 2 aliphatic carbocycles. The molecule has 2 aliphatic rings. The van der Waals surface area contributed by atoms with Crippen molar-refractivity contribution in [2.24, 2.45) is 7.05 Å². The van der Waals surface area contributed by atoms with Crippen LogP contribution in [-0.2, 0) is 30.1 Å². The van der Waals surface area contributed by atoms with E-state index in [9.17, 15) is 9.90 Å². The van der Waals surface area contributed by atoms with E-state index < -0.39 is 11.4 Å². The molecule has 0 spiro atoms. The zero-order valence-electron chi connectivity index (χ0n) is 17.6. The molecule has 6 heteroatoms. The van der Waals surface area contributed by atoms with Gasteiger partial charge in [-0.15, -0.1) is 0 Å². The maximum absolute atomic E-state index is 11.8. The number of hydrogen-bond acceptors (Lipinski definition) is 4. The number of fused-ring (bicyclic) bond motifs is 1. The summed E-state index contributed by atoms with van der Waals surface area (Å²) in [7, 11) is 1.95. The highest BCUT2D eigenvalue weighted by Crippen LogP contribution is 2.44. The fourth-order valence-corrected chi connectivity index (χ4v) is 4.60. The van der Waals surface area contributed by atoms with Gasteiger partial charge in [0.15, 0.2) is 0 Å². The van der Waals surface area contributed by atoms with E-state index in [0.717, 1.165) is 54.2 Å². The van der Waals surface area contributed by atoms with Gasteiger partial charge in [0.1, 0.15) is 11.4 Å². The van der Waals surface area contributed by atoms with Gasteiger partial charge < -0.3 is 9.84 Å². The van der Waals surface area contributed by atoms with Crippen molar-refractivity contribution in [3.05, 3.63) is 71.4 Å². The Morgan fingerprint density at radius 2 is 1.81 bits per heavy atom. The number of rotatable bonds is 6. The lowest BCUT2D eigenvalue weighted by molar-refractivity contribution is -0.665. The average molecular weight is 417 g/mol. The summed E-state index contributed by atoms with van der Waals surface area (Å²) in [6.07, 6.45) is 5.38. The minimum Gasteiger partial charge on any atom is -0.481 e. The summed E-state index contributed by atoms with van der Waals surface area (Å²) in [5.41, 5.74) is 3.38. The predicted molar refractivity (Wildman–Crippen MR) is 117 cm³/mol. The van der Waals surface area contributed by atoms with Crippen LogP contribution >= 0.6 is 0 Å². The summed E-state index contributed by atoms with van der Waals surface area (Å²) >= 11 is 0. The Morgan fingerprint density at radius 1 is 1.06 bits per heavy atom. The van der Waals surface area contributed by atoms with Gasteiger partial charge in [0.05, 0.1) is 23.7 Å². The van der Waals surface area contributed by atoms with Gasteiger partial charge in [-0.3, -0.25) is 10.1 Å². The van der Waals surface area contributed by atoms with Crippen LogP contribution < -0.4 is 14.6 Å². The highest BCUT2D eigenvalue weighted by molar-refractivity contribution is 5.82. The molecule has 0 aliphatic heterocycles. The van der Waals surface area contributed by atoms with Crippen LogP contribution in [0.5, 0.6) is 11.8 Å². The van der Waals surface area contributed by atoms with E-state index in [1.165, 1.54) is 5.56 Å². The Morgan fingerprint density at radius 3 is 2.45 bits per heavy atom. The zero-order chi connectivity index (χ0) is 21.4. The molecule has 0 saturated heterocycles. The van der Waals surface area contributed by atoms with Gasteiger partial charge in [0.2, 0.25) is 5.82 Å². The third-order valence-corrected chi connectivity index (χ3v) is 6.60. The Balaban J connectivity index is 1.46. The Labute approximate surface area is 181 Å². The Hall–Kier alpha value is -3.41. The van der Waals surface area contributed by atoms with Crippen LogP contribution in [0.15, 0.2) is 54.6 Å². The number of aryl methyl sites for hydroxylation is 1. The van der Waals surface area contributed by atoms with E-state index in [1.54, 1.807) is 0 Å². The summed E-state index contributed by atoms with van der Waals surface area (Å²) in [5.74, 6) is 0.997. The quantitative estimate of drug-likeness (QED) is 0.581. The van der Waals surface area contributed by atoms with Gasteiger partial charge in [-0.1, -0.05) is 41.7 Å². The van der Waals surface area contributed by atoms with Crippen LogP contribution in [0.3, 0.4) is 0 Å². The molecule has 6 nitrogen and oxygen atoms in total. The molecule has 0 atom stereocenters. The lowest BCUT2D eigenvalue weighted by Crippen LogP contribution is -2.42. The number of nitrogens with zero attached hydrogens (tertiary/aromatic N) is 2. The maximum Gasteiger partial charge on any atom is 0.439 e. The first-order valence-electron chi connectivity index (χ1n) is 10.8. The van der Waals surface area contributed by atoms with Crippen LogP contribution in [0.1, 0.15) is 42.5 Å². The first kappa shape index (κ1) is 19.5. The number of ether oxygens (including phenoxy) is 1. The van der Waals surface area contributed by atoms with Gasteiger partial charge in [0, 0.05) is 6.42 Å². The molecule has 1 aromatic heterocycles. The normalized spacial score (nSPS) is 16.3. The predicted octanol–water partition coefficient (Wildman–Crippen LogP) is 4.44. The number of para-hydroxylation sites is 1. The van der Waals surface area contributed by atoms with Crippen LogP contribution in [-0.4, -0.2) is 16.1 Å². The van der Waals surface area contributed by atoms with Crippen molar-refractivity contribution in [2.45, 2.75) is 43.9 Å². The molecule has 0 amide bonds. The minimum atomic E-state index is -0.722. The van der Waals surface area contributed by atoms with Crippen molar-refractivity contribution in [1.82, 2.24) is 4.98 Å². The largest absolute Gasteiger partial charge is 0.481 e. The SMILES string of the molecule is C[n+]1c(Oc2ccccc2)nc2c(c1Nc1ccc(C3(C(=O)O)CCC3)cc1)CCC2. The highest BCUT2D eigenvalue weighted by atomic mass is 16.5. The van der Waals surface area contributed by atoms with Crippen LogP contribution in [0.25, 0.3) is 0 Å². The number of anilines is 2. The molecule has 5 rings (SSSR count). The number of aliphatic carboxylic acids is 1. The molecule has 1 heterocycles. The third kappa shape index (κ3) is 3.42. The molecule has 1 saturated carbocycles. The average Bonchev–Trinajstić information content (AvgIpc) is 3.20. The smallest absolute Gasteiger partial charge is 0.439 e. The second-order valence-corrected chi connectivity index (χ2v) is 8.44. The number of carbonyl (C=O) groups is 1. The Kier molecular flexibility index (Phi) is 4.85. The van der Waals surface area contributed by atoms with Crippen LogP contribution in [0, 0.1) is 0 Å². The third-order valence-electron chi connectivity index (χ3n) is 6.60. The number of carboxylic acids is 1. The van der Waals surface area contributed by atoms with Crippen molar-refractivity contribution >= 4 is 17.5 Å². The molecule has 2 N–H and O–H groups in total. The topological polar surface area (TPSA) is 75.3 Å². The fraction of sp³-hybridized carbons (Fsp3) is 0.320. The van der Waals surface area contributed by atoms with Gasteiger partial charge >= 0.3 is 12.0 Å². The van der Waals surface area contributed by atoms with Crippen molar-refractivity contribution < 1.29 is 19.2 Å². The number of benzene rings is 2. The molecular weight excluding hydrogens is 390 g/mol. The minimum absolute atomic E-state index is 0.547. The molecule has 2 aromatic carbocycles. The van der Waals surface area contributed by atoms with E-state index in [-0.39, 0.29) is 0 Å². The molecular formula is C25H26N3O3+. The van der Waals surface area contributed by atoms with Gasteiger partial charge in [0.25, 0.3) is 0 Å². The van der Waals surface area contributed by atoms with E-state index in [4.69, 9.17) is 9.72 Å². The van der Waals surface area contributed by atoms with E-state index in [2.05, 4.69) is 5.32 Å². The molecule has 31 heavy (non-hydrogen) atoms. The first-order chi connectivity index (χ1) is 15.1. The van der Waals surface area contributed by atoms with Crippen molar-refractivity contribution in [3.8, 4) is 11.8 Å².